The molecule has 0 N–H and O–H groups in total. The van der Waals surface area contributed by atoms with Gasteiger partial charge in [0.15, 0.2) is 0 Å². The number of amides is 3. The molecule has 1 aliphatic carbocycles. The molecule has 35 heavy (non-hydrogen) atoms. The van der Waals surface area contributed by atoms with Crippen LogP contribution in [0, 0.1) is 17.8 Å². The Labute approximate surface area is 208 Å². The van der Waals surface area contributed by atoms with Crippen LogP contribution in [0.15, 0.2) is 18.2 Å². The molecule has 0 aromatic heterocycles. The molecule has 5 rings (SSSR count). The van der Waals surface area contributed by atoms with Gasteiger partial charge in [0.25, 0.3) is 5.91 Å². The quantitative estimate of drug-likeness (QED) is 0.638. The van der Waals surface area contributed by atoms with Gasteiger partial charge in [-0.3, -0.25) is 9.59 Å². The Bertz CT molecular complexity index is 980. The summed E-state index contributed by atoms with van der Waals surface area (Å²) >= 11 is 0. The Morgan fingerprint density at radius 2 is 1.51 bits per heavy atom. The van der Waals surface area contributed by atoms with Crippen molar-refractivity contribution in [2.24, 2.45) is 17.8 Å². The van der Waals surface area contributed by atoms with Gasteiger partial charge in [0, 0.05) is 62.6 Å². The van der Waals surface area contributed by atoms with E-state index in [1.54, 1.807) is 4.90 Å². The highest BCUT2D eigenvalue weighted by Crippen LogP contribution is 2.33. The van der Waals surface area contributed by atoms with Gasteiger partial charge in [0.1, 0.15) is 5.60 Å². The number of rotatable bonds is 2. The van der Waals surface area contributed by atoms with Crippen molar-refractivity contribution >= 4 is 17.9 Å². The van der Waals surface area contributed by atoms with E-state index in [4.69, 9.17) is 4.74 Å². The molecular weight excluding hydrogens is 442 g/mol. The van der Waals surface area contributed by atoms with Crippen molar-refractivity contribution in [1.29, 1.82) is 0 Å². The summed E-state index contributed by atoms with van der Waals surface area (Å²) in [5.41, 5.74) is 2.60. The van der Waals surface area contributed by atoms with Crippen molar-refractivity contribution in [3.63, 3.8) is 0 Å². The molecule has 0 spiro atoms. The van der Waals surface area contributed by atoms with Gasteiger partial charge in [-0.1, -0.05) is 25.3 Å². The summed E-state index contributed by atoms with van der Waals surface area (Å²) in [5.74, 6) is 1.21. The number of ether oxygens (including phenoxy) is 1. The average molecular weight is 482 g/mol. The second kappa shape index (κ2) is 9.47. The fourth-order valence-electron chi connectivity index (χ4n) is 6.30. The van der Waals surface area contributed by atoms with Crippen LogP contribution in [-0.2, 0) is 22.5 Å². The summed E-state index contributed by atoms with van der Waals surface area (Å²) in [4.78, 5) is 44.5. The van der Waals surface area contributed by atoms with Crippen LogP contribution in [0.4, 0.5) is 4.79 Å². The third-order valence-corrected chi connectivity index (χ3v) is 8.16. The Hall–Kier alpha value is -2.57. The minimum atomic E-state index is -0.497. The predicted molar refractivity (Wildman–Crippen MR) is 133 cm³/mol. The van der Waals surface area contributed by atoms with Crippen LogP contribution in [0.2, 0.25) is 0 Å². The Morgan fingerprint density at radius 3 is 2.17 bits per heavy atom. The van der Waals surface area contributed by atoms with Crippen molar-refractivity contribution in [3.8, 4) is 0 Å². The summed E-state index contributed by atoms with van der Waals surface area (Å²) in [5, 5.41) is 0. The van der Waals surface area contributed by atoms with Crippen LogP contribution in [0.5, 0.6) is 0 Å². The summed E-state index contributed by atoms with van der Waals surface area (Å²) in [6, 6.07) is 6.02. The first-order chi connectivity index (χ1) is 16.7. The van der Waals surface area contributed by atoms with E-state index in [0.29, 0.717) is 50.5 Å². The van der Waals surface area contributed by atoms with Crippen molar-refractivity contribution in [2.45, 2.75) is 71.4 Å². The lowest BCUT2D eigenvalue weighted by atomic mass is 9.87. The highest BCUT2D eigenvalue weighted by Gasteiger charge is 2.44. The number of hydrogen-bond donors (Lipinski definition) is 0. The zero-order valence-corrected chi connectivity index (χ0v) is 21.4. The van der Waals surface area contributed by atoms with E-state index in [-0.39, 0.29) is 17.9 Å². The first-order valence-electron chi connectivity index (χ1n) is 13.4. The molecule has 0 radical (unpaired) electrons. The van der Waals surface area contributed by atoms with Crippen molar-refractivity contribution in [3.05, 3.63) is 34.9 Å². The molecule has 3 amide bonds. The van der Waals surface area contributed by atoms with Gasteiger partial charge in [-0.2, -0.15) is 0 Å². The fraction of sp³-hybridized carbons (Fsp3) is 0.679. The number of benzene rings is 1. The van der Waals surface area contributed by atoms with E-state index in [2.05, 4.69) is 0 Å². The molecule has 2 saturated heterocycles. The molecule has 0 bridgehead atoms. The van der Waals surface area contributed by atoms with E-state index in [0.717, 1.165) is 31.4 Å². The molecular formula is C28H39N3O4. The average Bonchev–Trinajstić information content (AvgIpc) is 3.42. The van der Waals surface area contributed by atoms with E-state index >= 15 is 0 Å². The monoisotopic (exact) mass is 481 g/mol. The van der Waals surface area contributed by atoms with Gasteiger partial charge < -0.3 is 19.4 Å². The number of fused-ring (bicyclic) bond motifs is 2. The first-order valence-corrected chi connectivity index (χ1v) is 13.4. The molecule has 1 aromatic carbocycles. The van der Waals surface area contributed by atoms with E-state index in [1.165, 1.54) is 30.4 Å². The Morgan fingerprint density at radius 1 is 0.857 bits per heavy atom. The molecule has 4 aliphatic rings. The first kappa shape index (κ1) is 24.1. The second-order valence-corrected chi connectivity index (χ2v) is 11.9. The van der Waals surface area contributed by atoms with Gasteiger partial charge in [-0.15, -0.1) is 0 Å². The lowest BCUT2D eigenvalue weighted by molar-refractivity contribution is -0.137. The predicted octanol–water partition coefficient (Wildman–Crippen LogP) is 4.09. The van der Waals surface area contributed by atoms with Crippen LogP contribution in [0.1, 0.15) is 74.4 Å². The summed E-state index contributed by atoms with van der Waals surface area (Å²) < 4.78 is 5.52. The number of nitrogens with zero attached hydrogens (tertiary/aromatic N) is 3. The topological polar surface area (TPSA) is 70.2 Å². The van der Waals surface area contributed by atoms with Crippen molar-refractivity contribution in [1.82, 2.24) is 14.7 Å². The van der Waals surface area contributed by atoms with Crippen LogP contribution in [0.3, 0.4) is 0 Å². The van der Waals surface area contributed by atoms with E-state index < -0.39 is 5.60 Å². The standard InChI is InChI=1S/C28H39N3O4/c1-28(2,3)35-27(34)31-17-23-15-30(16-24(23)18-31)26(33)21-9-10-22-14-29(12-11-20(22)13-21)25(32)19-7-5-4-6-8-19/h9-10,13,19,23-24H,4-8,11-12,14-18H2,1-3H3. The maximum atomic E-state index is 13.3. The summed E-state index contributed by atoms with van der Waals surface area (Å²) in [6.07, 6.45) is 6.21. The molecule has 2 atom stereocenters. The molecule has 3 heterocycles. The maximum absolute atomic E-state index is 13.3. The maximum Gasteiger partial charge on any atom is 0.410 e. The van der Waals surface area contributed by atoms with Gasteiger partial charge in [0.05, 0.1) is 0 Å². The van der Waals surface area contributed by atoms with Crippen LogP contribution < -0.4 is 0 Å². The molecule has 1 aromatic rings. The smallest absolute Gasteiger partial charge is 0.410 e. The molecule has 190 valence electrons. The van der Waals surface area contributed by atoms with Crippen molar-refractivity contribution < 1.29 is 19.1 Å². The number of likely N-dealkylation sites (tertiary alicyclic amines) is 2. The number of hydrogen-bond acceptors (Lipinski definition) is 4. The van der Waals surface area contributed by atoms with Gasteiger partial charge >= 0.3 is 6.09 Å². The molecule has 3 aliphatic heterocycles. The SMILES string of the molecule is CC(C)(C)OC(=O)N1CC2CN(C(=O)c3ccc4c(c3)CCN(C(=O)C3CCCCC3)C4)CC2C1. The minimum Gasteiger partial charge on any atom is -0.444 e. The number of carbonyl (C=O) groups excluding carboxylic acids is 3. The van der Waals surface area contributed by atoms with Gasteiger partial charge in [-0.25, -0.2) is 4.79 Å². The van der Waals surface area contributed by atoms with Crippen LogP contribution in [0.25, 0.3) is 0 Å². The minimum absolute atomic E-state index is 0.0757. The third kappa shape index (κ3) is 5.19. The fourth-order valence-corrected chi connectivity index (χ4v) is 6.30. The Balaban J connectivity index is 1.17. The summed E-state index contributed by atoms with van der Waals surface area (Å²) in [6.45, 7) is 9.72. The highest BCUT2D eigenvalue weighted by atomic mass is 16.6. The number of carbonyl (C=O) groups is 3. The molecule has 3 fully saturated rings. The molecule has 7 nitrogen and oxygen atoms in total. The zero-order chi connectivity index (χ0) is 24.7. The highest BCUT2D eigenvalue weighted by molar-refractivity contribution is 5.95. The zero-order valence-electron chi connectivity index (χ0n) is 21.4. The molecule has 7 heteroatoms. The van der Waals surface area contributed by atoms with Crippen molar-refractivity contribution in [2.75, 3.05) is 32.7 Å². The molecule has 1 saturated carbocycles. The van der Waals surface area contributed by atoms with Gasteiger partial charge in [0.2, 0.25) is 5.91 Å². The third-order valence-electron chi connectivity index (χ3n) is 8.16. The largest absolute Gasteiger partial charge is 0.444 e. The van der Waals surface area contributed by atoms with E-state index in [9.17, 15) is 14.4 Å². The van der Waals surface area contributed by atoms with E-state index in [1.807, 2.05) is 48.8 Å². The lowest BCUT2D eigenvalue weighted by Crippen LogP contribution is -2.40. The lowest BCUT2D eigenvalue weighted by Gasteiger charge is -2.33. The van der Waals surface area contributed by atoms with Gasteiger partial charge in [-0.05, 0) is 63.3 Å². The summed E-state index contributed by atoms with van der Waals surface area (Å²) in [7, 11) is 0. The normalized spacial score (nSPS) is 24.8. The van der Waals surface area contributed by atoms with Crippen LogP contribution >= 0.6 is 0 Å². The molecule has 2 unspecified atom stereocenters. The Kier molecular flexibility index (Phi) is 6.53. The second-order valence-electron chi connectivity index (χ2n) is 11.9. The van der Waals surface area contributed by atoms with Crippen LogP contribution in [-0.4, -0.2) is 70.9 Å².